The molecular weight excluding hydrogens is 324 g/mol. The summed E-state index contributed by atoms with van der Waals surface area (Å²) in [7, 11) is 0. The van der Waals surface area contributed by atoms with E-state index < -0.39 is 0 Å². The molecule has 0 rings (SSSR count). The van der Waals surface area contributed by atoms with Crippen molar-refractivity contribution in [2.75, 3.05) is 0 Å². The van der Waals surface area contributed by atoms with Gasteiger partial charge in [-0.15, -0.1) is 0 Å². The summed E-state index contributed by atoms with van der Waals surface area (Å²) in [6.45, 7) is 0. The van der Waals surface area contributed by atoms with Crippen LogP contribution in [0, 0.1) is 0 Å². The van der Waals surface area contributed by atoms with Gasteiger partial charge in [-0.2, -0.15) is 0 Å². The Morgan fingerprint density at radius 3 is 0.500 bits per heavy atom. The van der Waals surface area contributed by atoms with Crippen LogP contribution in [0.3, 0.4) is 0 Å². The van der Waals surface area contributed by atoms with E-state index in [1.165, 1.54) is 0 Å². The van der Waals surface area contributed by atoms with Gasteiger partial charge >= 0.3 is 77.6 Å². The van der Waals surface area contributed by atoms with Crippen LogP contribution in [0.1, 0.15) is 0 Å². The predicted molar refractivity (Wildman–Crippen MR) is 5.75 cm³/mol. The summed E-state index contributed by atoms with van der Waals surface area (Å²) in [6, 6.07) is 0. The van der Waals surface area contributed by atoms with Crippen LogP contribution in [0.2, 0.25) is 0 Å². The Kier molecular flexibility index (Phi) is 806. The van der Waals surface area contributed by atoms with Crippen LogP contribution in [0.25, 0.3) is 0 Å². The first kappa shape index (κ1) is 86.1. The van der Waals surface area contributed by atoms with Crippen LogP contribution in [-0.4, -0.2) is 26.2 Å². The molecule has 0 aliphatic carbocycles. The fraction of sp³-hybridized carbons (Fsp3) is 0. The zero-order valence-corrected chi connectivity index (χ0v) is 9.56. The second-order valence-electron chi connectivity index (χ2n) is 0. The molecule has 0 fully saturated rings. The number of hydrogen-bond donors (Lipinski definition) is 0. The fourth-order valence-electron chi connectivity index (χ4n) is 0. The Bertz CT molecular complexity index is 7.51. The number of rotatable bonds is 0. The molecule has 0 aromatic carbocycles. The summed E-state index contributed by atoms with van der Waals surface area (Å²) >= 11 is 0. The largest absolute Gasteiger partial charge is 3.00 e. The van der Waals surface area contributed by atoms with E-state index in [0.717, 1.165) is 0 Å². The van der Waals surface area contributed by atoms with E-state index in [0.29, 0.717) is 0 Å². The van der Waals surface area contributed by atoms with Crippen molar-refractivity contribution in [3.8, 4) is 0 Å². The minimum absolute atomic E-state index is 0. The Morgan fingerprint density at radius 1 is 0.500 bits per heavy atom. The smallest absolute Gasteiger partial charge is 1.00 e. The molecule has 2 radical (unpaired) electrons. The summed E-state index contributed by atoms with van der Waals surface area (Å²) in [4.78, 5) is 0. The standard InChI is InChI=1S/Bi.4FH.K/h;4*1H;/q+3;;;;;+1/p-4. The van der Waals surface area contributed by atoms with Gasteiger partial charge in [0.15, 0.2) is 0 Å². The molecule has 6 heteroatoms. The summed E-state index contributed by atoms with van der Waals surface area (Å²) in [5.41, 5.74) is 0. The third-order valence-electron chi connectivity index (χ3n) is 0. The van der Waals surface area contributed by atoms with E-state index in [9.17, 15) is 0 Å². The van der Waals surface area contributed by atoms with Gasteiger partial charge in [-0.25, -0.2) is 0 Å². The molecule has 0 N–H and O–H groups in total. The zero-order chi connectivity index (χ0) is 0. The molecule has 6 heavy (non-hydrogen) atoms. The molecule has 0 bridgehead atoms. The maximum Gasteiger partial charge on any atom is 3.00 e. The van der Waals surface area contributed by atoms with Gasteiger partial charge in [0.1, 0.15) is 0 Å². The van der Waals surface area contributed by atoms with Gasteiger partial charge in [-0.3, -0.25) is 0 Å². The Balaban J connectivity index is 0. The van der Waals surface area contributed by atoms with E-state index in [4.69, 9.17) is 0 Å². The molecule has 0 amide bonds. The first-order valence-electron chi connectivity index (χ1n) is 0. The van der Waals surface area contributed by atoms with Crippen molar-refractivity contribution in [1.82, 2.24) is 0 Å². The van der Waals surface area contributed by atoms with Crippen LogP contribution >= 0.6 is 0 Å². The molecule has 0 heterocycles. The van der Waals surface area contributed by atoms with Crippen LogP contribution in [-0.2, 0) is 0 Å². The molecule has 0 saturated heterocycles. The van der Waals surface area contributed by atoms with Crippen molar-refractivity contribution in [3.05, 3.63) is 0 Å². The number of hydrogen-bond acceptors (Lipinski definition) is 0. The molecule has 0 aliphatic heterocycles. The second-order valence-corrected chi connectivity index (χ2v) is 0. The summed E-state index contributed by atoms with van der Waals surface area (Å²) in [5.74, 6) is 0. The molecule has 0 aliphatic rings. The first-order valence-corrected chi connectivity index (χ1v) is 0. The molecule has 34 valence electrons. The van der Waals surface area contributed by atoms with Gasteiger partial charge in [0.2, 0.25) is 0 Å². The monoisotopic (exact) mass is 324 g/mol. The molecule has 0 saturated carbocycles. The topological polar surface area (TPSA) is 0 Å². The molecule has 0 aromatic heterocycles. The van der Waals surface area contributed by atoms with Crippen molar-refractivity contribution in [3.63, 3.8) is 0 Å². The summed E-state index contributed by atoms with van der Waals surface area (Å²) in [5, 5.41) is 0. The third-order valence-corrected chi connectivity index (χ3v) is 0. The van der Waals surface area contributed by atoms with Crippen molar-refractivity contribution >= 4 is 26.2 Å². The number of halogens is 4. The van der Waals surface area contributed by atoms with E-state index in [-0.39, 0.29) is 96.4 Å². The Hall–Kier alpha value is 2.24. The molecule has 0 spiro atoms. The quantitative estimate of drug-likeness (QED) is 0.307. The first-order chi connectivity index (χ1) is 0. The fourth-order valence-corrected chi connectivity index (χ4v) is 0. The average Bonchev–Trinajstić information content (AvgIpc) is 0. The van der Waals surface area contributed by atoms with Gasteiger partial charge in [0.05, 0.1) is 0 Å². The van der Waals surface area contributed by atoms with Gasteiger partial charge < -0.3 is 18.8 Å². The van der Waals surface area contributed by atoms with Gasteiger partial charge in [0, 0.05) is 0 Å². The maximum atomic E-state index is 0. The van der Waals surface area contributed by atoms with Crippen LogP contribution in [0.5, 0.6) is 0 Å². The third kappa shape index (κ3) is 34.2. The zero-order valence-electron chi connectivity index (χ0n) is 2.96. The molecule has 0 unspecified atom stereocenters. The molecule has 0 nitrogen and oxygen atoms in total. The Morgan fingerprint density at radius 2 is 0.500 bits per heavy atom. The van der Waals surface area contributed by atoms with E-state index in [2.05, 4.69) is 0 Å². The van der Waals surface area contributed by atoms with Gasteiger partial charge in [0.25, 0.3) is 0 Å². The molecular formula is BiF4K. The minimum Gasteiger partial charge on any atom is -1.00 e. The van der Waals surface area contributed by atoms with Gasteiger partial charge in [-0.1, -0.05) is 0 Å². The van der Waals surface area contributed by atoms with Crippen molar-refractivity contribution in [1.29, 1.82) is 0 Å². The van der Waals surface area contributed by atoms with Crippen LogP contribution in [0.15, 0.2) is 0 Å². The normalized spacial score (nSPS) is 0. The SMILES string of the molecule is [Bi+3].[F-].[F-].[F-].[F-].[K+]. The van der Waals surface area contributed by atoms with Crippen LogP contribution < -0.4 is 70.2 Å². The van der Waals surface area contributed by atoms with E-state index in [1.54, 1.807) is 0 Å². The Labute approximate surface area is 94.5 Å². The van der Waals surface area contributed by atoms with Gasteiger partial charge in [-0.05, 0) is 0 Å². The second kappa shape index (κ2) is 56.2. The summed E-state index contributed by atoms with van der Waals surface area (Å²) in [6.07, 6.45) is 0. The van der Waals surface area contributed by atoms with Crippen LogP contribution in [0.4, 0.5) is 0 Å². The maximum absolute atomic E-state index is 0. The predicted octanol–water partition coefficient (Wildman–Crippen LogP) is -15.4. The van der Waals surface area contributed by atoms with Crippen molar-refractivity contribution < 1.29 is 70.2 Å². The average molecular weight is 324 g/mol. The molecule has 0 aromatic rings. The van der Waals surface area contributed by atoms with E-state index >= 15 is 0 Å². The van der Waals surface area contributed by atoms with E-state index in [1.807, 2.05) is 0 Å². The minimum atomic E-state index is 0. The van der Waals surface area contributed by atoms with Crippen molar-refractivity contribution in [2.45, 2.75) is 0 Å². The summed E-state index contributed by atoms with van der Waals surface area (Å²) < 4.78 is 0. The molecule has 0 atom stereocenters. The van der Waals surface area contributed by atoms with Crippen molar-refractivity contribution in [2.24, 2.45) is 0 Å².